The van der Waals surface area contributed by atoms with E-state index in [0.717, 1.165) is 17.7 Å². The van der Waals surface area contributed by atoms with Crippen LogP contribution in [-0.2, 0) is 11.2 Å². The highest BCUT2D eigenvalue weighted by molar-refractivity contribution is 5.76. The number of hydrogen-bond donors (Lipinski definition) is 1. The number of carbonyl (C=O) groups excluding carboxylic acids is 1. The number of aryl methyl sites for hydroxylation is 1. The summed E-state index contributed by atoms with van der Waals surface area (Å²) in [6.07, 6.45) is 1.68. The maximum Gasteiger partial charge on any atom is 0.227 e. The molecule has 0 bridgehead atoms. The molecule has 1 heterocycles. The van der Waals surface area contributed by atoms with Crippen molar-refractivity contribution in [2.45, 2.75) is 39.2 Å². The fourth-order valence-corrected chi connectivity index (χ4v) is 1.91. The average molecular weight is 303 g/mol. The van der Waals surface area contributed by atoms with Gasteiger partial charge in [-0.25, -0.2) is 0 Å². The van der Waals surface area contributed by atoms with Crippen molar-refractivity contribution in [2.24, 2.45) is 0 Å². The molecular weight excluding hydrogens is 282 g/mol. The van der Waals surface area contributed by atoms with E-state index in [2.05, 4.69) is 15.5 Å². The smallest absolute Gasteiger partial charge is 0.227 e. The van der Waals surface area contributed by atoms with Crippen molar-refractivity contribution in [1.29, 1.82) is 0 Å². The summed E-state index contributed by atoms with van der Waals surface area (Å²) in [4.78, 5) is 16.0. The molecule has 2 rings (SSSR count). The van der Waals surface area contributed by atoms with Crippen LogP contribution in [0, 0.1) is 0 Å². The number of carbonyl (C=O) groups is 1. The molecule has 0 unspecified atom stereocenters. The molecule has 6 nitrogen and oxygen atoms in total. The highest BCUT2D eigenvalue weighted by Gasteiger charge is 2.12. The van der Waals surface area contributed by atoms with Crippen LogP contribution in [0.25, 0.3) is 11.4 Å². The van der Waals surface area contributed by atoms with E-state index in [1.807, 2.05) is 38.1 Å². The Morgan fingerprint density at radius 3 is 3.00 bits per heavy atom. The van der Waals surface area contributed by atoms with E-state index in [4.69, 9.17) is 9.26 Å². The van der Waals surface area contributed by atoms with E-state index in [1.165, 1.54) is 0 Å². The summed E-state index contributed by atoms with van der Waals surface area (Å²) in [5.74, 6) is 1.68. The molecule has 0 fully saturated rings. The van der Waals surface area contributed by atoms with Gasteiger partial charge in [-0.1, -0.05) is 24.2 Å². The van der Waals surface area contributed by atoms with Gasteiger partial charge in [-0.15, -0.1) is 0 Å². The van der Waals surface area contributed by atoms with Crippen LogP contribution in [-0.4, -0.2) is 29.2 Å². The van der Waals surface area contributed by atoms with Crippen molar-refractivity contribution in [2.75, 3.05) is 7.11 Å². The molecular formula is C16H21N3O3. The number of amides is 1. The zero-order valence-corrected chi connectivity index (χ0v) is 13.1. The molecule has 1 aromatic heterocycles. The number of aromatic nitrogens is 2. The van der Waals surface area contributed by atoms with Crippen LogP contribution >= 0.6 is 0 Å². The van der Waals surface area contributed by atoms with Gasteiger partial charge in [0, 0.05) is 24.4 Å². The number of hydrogen-bond acceptors (Lipinski definition) is 5. The minimum atomic E-state index is -0.00418. The van der Waals surface area contributed by atoms with Gasteiger partial charge in [-0.3, -0.25) is 4.79 Å². The summed E-state index contributed by atoms with van der Waals surface area (Å²) in [5, 5.41) is 6.85. The Balaban J connectivity index is 1.95. The predicted octanol–water partition coefficient (Wildman–Crippen LogP) is 2.59. The lowest BCUT2D eigenvalue weighted by molar-refractivity contribution is -0.121. The van der Waals surface area contributed by atoms with Crippen molar-refractivity contribution in [3.63, 3.8) is 0 Å². The van der Waals surface area contributed by atoms with Crippen molar-refractivity contribution in [1.82, 2.24) is 15.5 Å². The van der Waals surface area contributed by atoms with Gasteiger partial charge in [0.1, 0.15) is 5.75 Å². The molecule has 0 saturated heterocycles. The zero-order valence-electron chi connectivity index (χ0n) is 13.1. The summed E-state index contributed by atoms with van der Waals surface area (Å²) < 4.78 is 10.4. The number of methoxy groups -OCH3 is 1. The van der Waals surface area contributed by atoms with Crippen molar-refractivity contribution in [3.8, 4) is 17.1 Å². The molecule has 0 aliphatic rings. The monoisotopic (exact) mass is 303 g/mol. The summed E-state index contributed by atoms with van der Waals surface area (Å²) in [5.41, 5.74) is 0.818. The first-order valence-electron chi connectivity index (χ1n) is 7.38. The van der Waals surface area contributed by atoms with Crippen LogP contribution < -0.4 is 10.1 Å². The van der Waals surface area contributed by atoms with Gasteiger partial charge < -0.3 is 14.6 Å². The Kier molecular flexibility index (Phi) is 5.52. The van der Waals surface area contributed by atoms with Crippen LogP contribution in [0.4, 0.5) is 0 Å². The van der Waals surface area contributed by atoms with E-state index < -0.39 is 0 Å². The molecule has 0 spiro atoms. The Morgan fingerprint density at radius 1 is 1.45 bits per heavy atom. The van der Waals surface area contributed by atoms with Gasteiger partial charge >= 0.3 is 0 Å². The molecule has 0 aliphatic carbocycles. The standard InChI is InChI=1S/C16H21N3O3/c1-4-11(2)17-14(20)8-9-15-18-16(19-22-15)12-6-5-7-13(10-12)21-3/h5-7,10-11H,4,8-9H2,1-3H3,(H,17,20)/t11-/m0/s1. The number of nitrogens with zero attached hydrogens (tertiary/aromatic N) is 2. The van der Waals surface area contributed by atoms with Crippen molar-refractivity contribution in [3.05, 3.63) is 30.2 Å². The van der Waals surface area contributed by atoms with Gasteiger partial charge in [-0.05, 0) is 25.5 Å². The predicted molar refractivity (Wildman–Crippen MR) is 82.5 cm³/mol. The third-order valence-electron chi connectivity index (χ3n) is 3.38. The molecule has 0 radical (unpaired) electrons. The molecule has 2 aromatic rings. The van der Waals surface area contributed by atoms with Crippen LogP contribution in [0.5, 0.6) is 5.75 Å². The number of rotatable bonds is 7. The van der Waals surface area contributed by atoms with Crippen LogP contribution in [0.2, 0.25) is 0 Å². The highest BCUT2D eigenvalue weighted by atomic mass is 16.5. The lowest BCUT2D eigenvalue weighted by Crippen LogP contribution is -2.32. The highest BCUT2D eigenvalue weighted by Crippen LogP contribution is 2.21. The quantitative estimate of drug-likeness (QED) is 0.850. The van der Waals surface area contributed by atoms with E-state index in [9.17, 15) is 4.79 Å². The minimum absolute atomic E-state index is 0.00418. The van der Waals surface area contributed by atoms with E-state index in [-0.39, 0.29) is 11.9 Å². The topological polar surface area (TPSA) is 77.2 Å². The first kappa shape index (κ1) is 16.0. The third-order valence-corrected chi connectivity index (χ3v) is 3.38. The van der Waals surface area contributed by atoms with Crippen molar-refractivity contribution < 1.29 is 14.1 Å². The SMILES string of the molecule is CC[C@H](C)NC(=O)CCc1nc(-c2cccc(OC)c2)no1. The molecule has 1 amide bonds. The van der Waals surface area contributed by atoms with Crippen molar-refractivity contribution >= 4 is 5.91 Å². The molecule has 1 atom stereocenters. The second-order valence-corrected chi connectivity index (χ2v) is 5.12. The first-order chi connectivity index (χ1) is 10.6. The second-order valence-electron chi connectivity index (χ2n) is 5.12. The minimum Gasteiger partial charge on any atom is -0.497 e. The van der Waals surface area contributed by atoms with Gasteiger partial charge in [0.05, 0.1) is 7.11 Å². The summed E-state index contributed by atoms with van der Waals surface area (Å²) in [6, 6.07) is 7.62. The fourth-order valence-electron chi connectivity index (χ4n) is 1.91. The van der Waals surface area contributed by atoms with Gasteiger partial charge in [0.25, 0.3) is 0 Å². The van der Waals surface area contributed by atoms with Gasteiger partial charge in [-0.2, -0.15) is 4.98 Å². The van der Waals surface area contributed by atoms with Gasteiger partial charge in [0.15, 0.2) is 0 Å². The molecule has 118 valence electrons. The summed E-state index contributed by atoms with van der Waals surface area (Å²) in [7, 11) is 1.61. The van der Waals surface area contributed by atoms with E-state index in [0.29, 0.717) is 24.6 Å². The molecule has 0 saturated carbocycles. The molecule has 22 heavy (non-hydrogen) atoms. The third kappa shape index (κ3) is 4.31. The maximum absolute atomic E-state index is 11.7. The normalized spacial score (nSPS) is 12.0. The molecule has 6 heteroatoms. The Morgan fingerprint density at radius 2 is 2.27 bits per heavy atom. The van der Waals surface area contributed by atoms with Crippen LogP contribution in [0.3, 0.4) is 0 Å². The average Bonchev–Trinajstić information content (AvgIpc) is 3.02. The first-order valence-corrected chi connectivity index (χ1v) is 7.38. The molecule has 0 aliphatic heterocycles. The van der Waals surface area contributed by atoms with Gasteiger partial charge in [0.2, 0.25) is 17.6 Å². The van der Waals surface area contributed by atoms with E-state index >= 15 is 0 Å². The van der Waals surface area contributed by atoms with Crippen LogP contribution in [0.15, 0.2) is 28.8 Å². The molecule has 1 N–H and O–H groups in total. The number of benzene rings is 1. The number of nitrogens with one attached hydrogen (secondary N) is 1. The summed E-state index contributed by atoms with van der Waals surface area (Å²) >= 11 is 0. The largest absolute Gasteiger partial charge is 0.497 e. The zero-order chi connectivity index (χ0) is 15.9. The lowest BCUT2D eigenvalue weighted by atomic mass is 10.2. The van der Waals surface area contributed by atoms with Crippen LogP contribution in [0.1, 0.15) is 32.6 Å². The van der Waals surface area contributed by atoms with E-state index in [1.54, 1.807) is 7.11 Å². The Labute approximate surface area is 129 Å². The molecule has 1 aromatic carbocycles. The maximum atomic E-state index is 11.7. The summed E-state index contributed by atoms with van der Waals surface area (Å²) in [6.45, 7) is 4.01. The second kappa shape index (κ2) is 7.59. The fraction of sp³-hybridized carbons (Fsp3) is 0.438. The Hall–Kier alpha value is -2.37. The number of ether oxygens (including phenoxy) is 1. The lowest BCUT2D eigenvalue weighted by Gasteiger charge is -2.10. The Bertz CT molecular complexity index is 625.